The second-order valence-electron chi connectivity index (χ2n) is 6.36. The van der Waals surface area contributed by atoms with Gasteiger partial charge in [0, 0.05) is 23.7 Å². The van der Waals surface area contributed by atoms with Crippen LogP contribution in [0.2, 0.25) is 0 Å². The smallest absolute Gasteiger partial charge is 0.273 e. The Hall–Kier alpha value is -2.99. The number of amides is 2. The van der Waals surface area contributed by atoms with Crippen LogP contribution >= 0.6 is 11.3 Å². The van der Waals surface area contributed by atoms with Gasteiger partial charge in [0.1, 0.15) is 10.7 Å². The molecule has 0 aliphatic heterocycles. The molecule has 2 aromatic carbocycles. The molecule has 0 bridgehead atoms. The molecule has 0 fully saturated rings. The van der Waals surface area contributed by atoms with E-state index in [-0.39, 0.29) is 18.4 Å². The lowest BCUT2D eigenvalue weighted by atomic mass is 10.1. The van der Waals surface area contributed by atoms with Crippen LogP contribution in [0.5, 0.6) is 0 Å². The Bertz CT molecular complexity index is 967. The predicted molar refractivity (Wildman–Crippen MR) is 109 cm³/mol. The first-order chi connectivity index (χ1) is 13.0. The van der Waals surface area contributed by atoms with Crippen molar-refractivity contribution in [2.75, 3.05) is 18.9 Å². The Morgan fingerprint density at radius 3 is 2.56 bits per heavy atom. The van der Waals surface area contributed by atoms with Gasteiger partial charge in [-0.05, 0) is 31.0 Å². The van der Waals surface area contributed by atoms with Crippen molar-refractivity contribution in [3.05, 3.63) is 70.7 Å². The maximum Gasteiger partial charge on any atom is 0.273 e. The number of thiazole rings is 1. The van der Waals surface area contributed by atoms with Gasteiger partial charge < -0.3 is 10.2 Å². The van der Waals surface area contributed by atoms with Gasteiger partial charge in [-0.3, -0.25) is 9.59 Å². The molecule has 0 atom stereocenters. The molecule has 6 heteroatoms. The van der Waals surface area contributed by atoms with Gasteiger partial charge in [-0.25, -0.2) is 4.98 Å². The summed E-state index contributed by atoms with van der Waals surface area (Å²) in [6.07, 6.45) is 0. The maximum atomic E-state index is 12.6. The molecule has 0 radical (unpaired) electrons. The van der Waals surface area contributed by atoms with E-state index in [1.54, 1.807) is 12.4 Å². The fourth-order valence-electron chi connectivity index (χ4n) is 2.64. The first-order valence-corrected chi connectivity index (χ1v) is 9.46. The quantitative estimate of drug-likeness (QED) is 0.725. The Kier molecular flexibility index (Phi) is 5.66. The summed E-state index contributed by atoms with van der Waals surface area (Å²) in [7, 11) is 1.60. The molecule has 0 unspecified atom stereocenters. The zero-order valence-corrected chi connectivity index (χ0v) is 16.3. The van der Waals surface area contributed by atoms with Gasteiger partial charge in [0.2, 0.25) is 5.91 Å². The molecule has 0 saturated heterocycles. The van der Waals surface area contributed by atoms with Crippen molar-refractivity contribution >= 4 is 28.8 Å². The SMILES string of the molecule is Cc1cccc(NC(=O)CN(C)C(=O)c2csc(-c3ccccc3)n2)c1C. The lowest BCUT2D eigenvalue weighted by Gasteiger charge is -2.16. The van der Waals surface area contributed by atoms with E-state index in [0.717, 1.165) is 27.4 Å². The van der Waals surface area contributed by atoms with Crippen LogP contribution < -0.4 is 5.32 Å². The Morgan fingerprint density at radius 2 is 1.81 bits per heavy atom. The van der Waals surface area contributed by atoms with Crippen molar-refractivity contribution in [3.8, 4) is 10.6 Å². The van der Waals surface area contributed by atoms with Crippen LogP contribution in [0.3, 0.4) is 0 Å². The van der Waals surface area contributed by atoms with Crippen molar-refractivity contribution in [2.24, 2.45) is 0 Å². The van der Waals surface area contributed by atoms with Crippen molar-refractivity contribution in [2.45, 2.75) is 13.8 Å². The summed E-state index contributed by atoms with van der Waals surface area (Å²) in [5.74, 6) is -0.511. The van der Waals surface area contributed by atoms with Crippen LogP contribution in [0, 0.1) is 13.8 Å². The van der Waals surface area contributed by atoms with Crippen molar-refractivity contribution in [3.63, 3.8) is 0 Å². The van der Waals surface area contributed by atoms with Crippen molar-refractivity contribution < 1.29 is 9.59 Å². The average molecular weight is 379 g/mol. The number of benzene rings is 2. The average Bonchev–Trinajstić information content (AvgIpc) is 3.15. The molecule has 138 valence electrons. The number of nitrogens with one attached hydrogen (secondary N) is 1. The maximum absolute atomic E-state index is 12.6. The number of carbonyl (C=O) groups excluding carboxylic acids is 2. The Morgan fingerprint density at radius 1 is 1.07 bits per heavy atom. The van der Waals surface area contributed by atoms with E-state index < -0.39 is 0 Å². The lowest BCUT2D eigenvalue weighted by Crippen LogP contribution is -2.35. The van der Waals surface area contributed by atoms with Gasteiger partial charge in [-0.1, -0.05) is 42.5 Å². The standard InChI is InChI=1S/C21H21N3O2S/c1-14-8-7-11-17(15(14)2)22-19(25)12-24(3)21(26)18-13-27-20(23-18)16-9-5-4-6-10-16/h4-11,13H,12H2,1-3H3,(H,22,25). The van der Waals surface area contributed by atoms with E-state index in [9.17, 15) is 9.59 Å². The van der Waals surface area contributed by atoms with E-state index in [1.807, 2.05) is 62.4 Å². The molecule has 1 N–H and O–H groups in total. The molecule has 1 aromatic heterocycles. The van der Waals surface area contributed by atoms with Crippen LogP contribution in [0.4, 0.5) is 5.69 Å². The molecule has 1 heterocycles. The zero-order valence-electron chi connectivity index (χ0n) is 15.5. The number of carbonyl (C=O) groups is 2. The van der Waals surface area contributed by atoms with Crippen LogP contribution in [-0.4, -0.2) is 35.3 Å². The van der Waals surface area contributed by atoms with Gasteiger partial charge in [0.15, 0.2) is 0 Å². The number of aromatic nitrogens is 1. The second-order valence-corrected chi connectivity index (χ2v) is 7.22. The number of rotatable bonds is 5. The third-order valence-corrected chi connectivity index (χ3v) is 5.24. The third-order valence-electron chi connectivity index (χ3n) is 4.35. The number of hydrogen-bond donors (Lipinski definition) is 1. The molecule has 0 aliphatic rings. The van der Waals surface area contributed by atoms with Gasteiger partial charge in [-0.15, -0.1) is 11.3 Å². The van der Waals surface area contributed by atoms with Crippen LogP contribution in [0.1, 0.15) is 21.6 Å². The molecular weight excluding hydrogens is 358 g/mol. The molecular formula is C21H21N3O2S. The van der Waals surface area contributed by atoms with E-state index in [4.69, 9.17) is 0 Å². The number of hydrogen-bond acceptors (Lipinski definition) is 4. The summed E-state index contributed by atoms with van der Waals surface area (Å²) in [5, 5.41) is 5.38. The highest BCUT2D eigenvalue weighted by atomic mass is 32.1. The minimum Gasteiger partial charge on any atom is -0.331 e. The normalized spacial score (nSPS) is 10.5. The van der Waals surface area contributed by atoms with Crippen molar-refractivity contribution in [1.82, 2.24) is 9.88 Å². The highest BCUT2D eigenvalue weighted by Crippen LogP contribution is 2.24. The lowest BCUT2D eigenvalue weighted by molar-refractivity contribution is -0.116. The van der Waals surface area contributed by atoms with Gasteiger partial charge >= 0.3 is 0 Å². The van der Waals surface area contributed by atoms with E-state index in [2.05, 4.69) is 10.3 Å². The molecule has 5 nitrogen and oxygen atoms in total. The van der Waals surface area contributed by atoms with Crippen molar-refractivity contribution in [1.29, 1.82) is 0 Å². The van der Waals surface area contributed by atoms with Gasteiger partial charge in [-0.2, -0.15) is 0 Å². The fourth-order valence-corrected chi connectivity index (χ4v) is 3.44. The molecule has 0 spiro atoms. The Balaban J connectivity index is 1.65. The largest absolute Gasteiger partial charge is 0.331 e. The summed E-state index contributed by atoms with van der Waals surface area (Å²) in [6, 6.07) is 15.5. The number of anilines is 1. The number of likely N-dealkylation sites (N-methyl/N-ethyl adjacent to an activating group) is 1. The zero-order chi connectivity index (χ0) is 19.4. The summed E-state index contributed by atoms with van der Waals surface area (Å²) < 4.78 is 0. The number of nitrogens with zero attached hydrogens (tertiary/aromatic N) is 2. The number of aryl methyl sites for hydroxylation is 1. The van der Waals surface area contributed by atoms with Crippen LogP contribution in [-0.2, 0) is 4.79 Å². The molecule has 2 amide bonds. The molecule has 3 aromatic rings. The Labute approximate surface area is 162 Å². The second kappa shape index (κ2) is 8.14. The van der Waals surface area contributed by atoms with Crippen LogP contribution in [0.25, 0.3) is 10.6 Å². The highest BCUT2D eigenvalue weighted by molar-refractivity contribution is 7.13. The van der Waals surface area contributed by atoms with Gasteiger partial charge in [0.25, 0.3) is 5.91 Å². The molecule has 27 heavy (non-hydrogen) atoms. The third kappa shape index (κ3) is 4.41. The van der Waals surface area contributed by atoms with E-state index in [1.165, 1.54) is 16.2 Å². The monoisotopic (exact) mass is 379 g/mol. The topological polar surface area (TPSA) is 62.3 Å². The summed E-state index contributed by atoms with van der Waals surface area (Å²) in [6.45, 7) is 3.91. The first kappa shape index (κ1) is 18.8. The minimum atomic E-state index is -0.274. The summed E-state index contributed by atoms with van der Waals surface area (Å²) >= 11 is 1.41. The molecule has 0 saturated carbocycles. The predicted octanol–water partition coefficient (Wildman–Crippen LogP) is 4.14. The molecule has 0 aliphatic carbocycles. The van der Waals surface area contributed by atoms with E-state index in [0.29, 0.717) is 5.69 Å². The van der Waals surface area contributed by atoms with E-state index >= 15 is 0 Å². The summed E-state index contributed by atoms with van der Waals surface area (Å²) in [4.78, 5) is 30.7. The molecule has 3 rings (SSSR count). The summed E-state index contributed by atoms with van der Waals surface area (Å²) in [5.41, 5.74) is 4.21. The fraction of sp³-hybridized carbons (Fsp3) is 0.190. The van der Waals surface area contributed by atoms with Gasteiger partial charge in [0.05, 0.1) is 6.54 Å². The highest BCUT2D eigenvalue weighted by Gasteiger charge is 2.18. The van der Waals surface area contributed by atoms with Crippen LogP contribution in [0.15, 0.2) is 53.9 Å². The minimum absolute atomic E-state index is 0.0373. The first-order valence-electron chi connectivity index (χ1n) is 8.58.